The summed E-state index contributed by atoms with van der Waals surface area (Å²) in [7, 11) is 0. The molecule has 1 atom stereocenters. The van der Waals surface area contributed by atoms with E-state index in [-0.39, 0.29) is 24.2 Å². The van der Waals surface area contributed by atoms with Crippen molar-refractivity contribution in [2.45, 2.75) is 39.2 Å². The van der Waals surface area contributed by atoms with Gasteiger partial charge in [-0.1, -0.05) is 44.2 Å². The van der Waals surface area contributed by atoms with E-state index in [0.717, 1.165) is 0 Å². The van der Waals surface area contributed by atoms with Crippen LogP contribution in [0.2, 0.25) is 0 Å². The largest absolute Gasteiger partial charge is 0.449 e. The van der Waals surface area contributed by atoms with Crippen LogP contribution in [0, 0.1) is 0 Å². The van der Waals surface area contributed by atoms with Gasteiger partial charge in [0.1, 0.15) is 0 Å². The lowest BCUT2D eigenvalue weighted by Gasteiger charge is -2.35. The molecule has 142 valence electrons. The van der Waals surface area contributed by atoms with E-state index in [9.17, 15) is 19.2 Å². The quantitative estimate of drug-likeness (QED) is 0.590. The third-order valence-electron chi connectivity index (χ3n) is 5.09. The second-order valence-corrected chi connectivity index (χ2v) is 6.72. The maximum absolute atomic E-state index is 12.6. The minimum atomic E-state index is -0.957. The van der Waals surface area contributed by atoms with E-state index < -0.39 is 29.6 Å². The number of rotatable bonds is 4. The number of carbonyl (C=O) groups excluding carboxylic acids is 4. The number of esters is 2. The predicted molar refractivity (Wildman–Crippen MR) is 99.0 cm³/mol. The Morgan fingerprint density at radius 2 is 1.82 bits per heavy atom. The van der Waals surface area contributed by atoms with Crippen LogP contribution in [-0.2, 0) is 23.9 Å². The van der Waals surface area contributed by atoms with Gasteiger partial charge in [0.15, 0.2) is 11.9 Å². The Morgan fingerprint density at radius 3 is 2.54 bits per heavy atom. The molecule has 0 aliphatic heterocycles. The van der Waals surface area contributed by atoms with Crippen LogP contribution in [0.15, 0.2) is 47.3 Å². The number of carbonyl (C=O) groups is 4. The molecular formula is C22H18O6. The van der Waals surface area contributed by atoms with Crippen molar-refractivity contribution in [1.82, 2.24) is 0 Å². The van der Waals surface area contributed by atoms with Gasteiger partial charge in [0.05, 0.1) is 0 Å². The van der Waals surface area contributed by atoms with Crippen molar-refractivity contribution in [3.8, 4) is 0 Å². The topological polar surface area (TPSA) is 86.7 Å². The second kappa shape index (κ2) is 6.71. The van der Waals surface area contributed by atoms with E-state index in [1.807, 2.05) is 0 Å². The summed E-state index contributed by atoms with van der Waals surface area (Å²) in [6.45, 7) is 3.34. The molecule has 1 unspecified atom stereocenters. The normalized spacial score (nSPS) is 19.6. The van der Waals surface area contributed by atoms with Crippen LogP contribution in [0.25, 0.3) is 5.57 Å². The molecule has 3 aliphatic carbocycles. The first-order chi connectivity index (χ1) is 13.5. The maximum Gasteiger partial charge on any atom is 0.310 e. The number of ether oxygens (including phenoxy) is 2. The minimum absolute atomic E-state index is 0.144. The Balaban J connectivity index is 2.02. The zero-order valence-corrected chi connectivity index (χ0v) is 15.5. The van der Waals surface area contributed by atoms with E-state index in [1.54, 1.807) is 44.2 Å². The average Bonchev–Trinajstić information content (AvgIpc) is 2.72. The maximum atomic E-state index is 12.6. The monoisotopic (exact) mass is 378 g/mol. The van der Waals surface area contributed by atoms with Crippen LogP contribution in [0.4, 0.5) is 0 Å². The van der Waals surface area contributed by atoms with Crippen LogP contribution < -0.4 is 0 Å². The van der Waals surface area contributed by atoms with Gasteiger partial charge in [0.25, 0.3) is 0 Å². The summed E-state index contributed by atoms with van der Waals surface area (Å²) in [5.74, 6) is -1.87. The molecule has 0 saturated carbocycles. The summed E-state index contributed by atoms with van der Waals surface area (Å²) in [4.78, 5) is 49.4. The molecule has 6 heteroatoms. The summed E-state index contributed by atoms with van der Waals surface area (Å²) < 4.78 is 11.2. The number of hydrogen-bond acceptors (Lipinski definition) is 6. The summed E-state index contributed by atoms with van der Waals surface area (Å²) in [6.07, 6.45) is 3.17. The Hall–Kier alpha value is -3.28. The van der Waals surface area contributed by atoms with Gasteiger partial charge in [0, 0.05) is 46.3 Å². The zero-order valence-electron chi connectivity index (χ0n) is 15.5. The Labute approximate surface area is 161 Å². The summed E-state index contributed by atoms with van der Waals surface area (Å²) >= 11 is 0. The molecule has 6 nitrogen and oxygen atoms in total. The molecular weight excluding hydrogens is 360 g/mol. The SMILES string of the molecule is CCC(=O)OC1=C2C=CCC3=C2c2c(cccc2C1OC(=O)CC)C(=O)C3=O. The first-order valence-corrected chi connectivity index (χ1v) is 9.24. The van der Waals surface area contributed by atoms with E-state index in [2.05, 4.69) is 0 Å². The van der Waals surface area contributed by atoms with Gasteiger partial charge in [-0.15, -0.1) is 0 Å². The first kappa shape index (κ1) is 18.1. The predicted octanol–water partition coefficient (Wildman–Crippen LogP) is 3.38. The van der Waals surface area contributed by atoms with E-state index in [0.29, 0.717) is 34.3 Å². The average molecular weight is 378 g/mol. The Morgan fingerprint density at radius 1 is 1.07 bits per heavy atom. The zero-order chi connectivity index (χ0) is 20.0. The molecule has 3 aliphatic rings. The molecule has 0 amide bonds. The van der Waals surface area contributed by atoms with Crippen LogP contribution in [-0.4, -0.2) is 23.5 Å². The number of Topliss-reactive ketones (excluding diaryl/α,β-unsaturated/α-hetero) is 2. The molecule has 0 bridgehead atoms. The van der Waals surface area contributed by atoms with Gasteiger partial charge in [-0.2, -0.15) is 0 Å². The van der Waals surface area contributed by atoms with E-state index >= 15 is 0 Å². The van der Waals surface area contributed by atoms with Crippen molar-refractivity contribution in [2.75, 3.05) is 0 Å². The lowest BCUT2D eigenvalue weighted by atomic mass is 9.71. The van der Waals surface area contributed by atoms with Gasteiger partial charge in [-0.3, -0.25) is 19.2 Å². The lowest BCUT2D eigenvalue weighted by molar-refractivity contribution is -0.153. The van der Waals surface area contributed by atoms with Crippen LogP contribution in [0.1, 0.15) is 60.7 Å². The number of benzene rings is 1. The molecule has 0 fully saturated rings. The highest BCUT2D eigenvalue weighted by Gasteiger charge is 2.43. The first-order valence-electron chi connectivity index (χ1n) is 9.24. The third kappa shape index (κ3) is 2.56. The highest BCUT2D eigenvalue weighted by Crippen LogP contribution is 2.50. The van der Waals surface area contributed by atoms with E-state index in [1.165, 1.54) is 0 Å². The Kier molecular flexibility index (Phi) is 4.34. The van der Waals surface area contributed by atoms with Crippen molar-refractivity contribution in [3.63, 3.8) is 0 Å². The third-order valence-corrected chi connectivity index (χ3v) is 5.09. The molecule has 4 rings (SSSR count). The fraction of sp³-hybridized carbons (Fsp3) is 0.273. The number of allylic oxidation sites excluding steroid dienone is 5. The van der Waals surface area contributed by atoms with Crippen LogP contribution in [0.3, 0.4) is 0 Å². The summed E-state index contributed by atoms with van der Waals surface area (Å²) in [6, 6.07) is 4.97. The number of ketones is 2. The van der Waals surface area contributed by atoms with Crippen molar-refractivity contribution in [2.24, 2.45) is 0 Å². The smallest absolute Gasteiger partial charge is 0.310 e. The summed E-state index contributed by atoms with van der Waals surface area (Å²) in [5.41, 5.74) is 2.91. The fourth-order valence-electron chi connectivity index (χ4n) is 3.77. The van der Waals surface area contributed by atoms with Crippen molar-refractivity contribution in [3.05, 3.63) is 63.9 Å². The standard InChI is InChI=1S/C22H18O6/c1-3-15(23)27-21-13-9-5-7-11-17(13)18-12(20(26)19(11)25)8-6-10-14(18)22(21)28-16(24)4-2/h5-7,9-10,21H,3-4,8H2,1-2H3. The van der Waals surface area contributed by atoms with Gasteiger partial charge >= 0.3 is 11.9 Å². The fourth-order valence-corrected chi connectivity index (χ4v) is 3.77. The van der Waals surface area contributed by atoms with Crippen molar-refractivity contribution in [1.29, 1.82) is 0 Å². The highest BCUT2D eigenvalue weighted by atomic mass is 16.6. The number of hydrogen-bond donors (Lipinski definition) is 0. The minimum Gasteiger partial charge on any atom is -0.449 e. The summed E-state index contributed by atoms with van der Waals surface area (Å²) in [5, 5.41) is 0. The molecule has 0 saturated heterocycles. The van der Waals surface area contributed by atoms with Crippen LogP contribution in [0.5, 0.6) is 0 Å². The molecule has 0 spiro atoms. The molecule has 0 aromatic heterocycles. The second-order valence-electron chi connectivity index (χ2n) is 6.72. The molecule has 0 N–H and O–H groups in total. The van der Waals surface area contributed by atoms with Gasteiger partial charge in [0.2, 0.25) is 11.6 Å². The van der Waals surface area contributed by atoms with Gasteiger partial charge in [-0.25, -0.2) is 0 Å². The molecule has 1 aromatic rings. The van der Waals surface area contributed by atoms with Crippen molar-refractivity contribution < 1.29 is 28.7 Å². The lowest BCUT2D eigenvalue weighted by Crippen LogP contribution is -2.31. The molecule has 0 heterocycles. The van der Waals surface area contributed by atoms with Gasteiger partial charge in [-0.05, 0) is 6.42 Å². The molecule has 28 heavy (non-hydrogen) atoms. The van der Waals surface area contributed by atoms with E-state index in [4.69, 9.17) is 9.47 Å². The Bertz CT molecular complexity index is 1040. The molecule has 0 radical (unpaired) electrons. The van der Waals surface area contributed by atoms with Crippen LogP contribution >= 0.6 is 0 Å². The highest BCUT2D eigenvalue weighted by molar-refractivity contribution is 6.53. The molecule has 1 aromatic carbocycles. The van der Waals surface area contributed by atoms with Gasteiger partial charge < -0.3 is 9.47 Å². The van der Waals surface area contributed by atoms with Crippen molar-refractivity contribution >= 4 is 29.1 Å².